The minimum Gasteiger partial charge on any atom is -0.494 e. The molecule has 2 aromatic heterocycles. The molecule has 0 spiro atoms. The number of nitrogens with one attached hydrogen (secondary N) is 1. The van der Waals surface area contributed by atoms with Crippen molar-refractivity contribution in [3.63, 3.8) is 0 Å². The zero-order chi connectivity index (χ0) is 20.2. The summed E-state index contributed by atoms with van der Waals surface area (Å²) in [5, 5.41) is 17.6. The molecule has 1 fully saturated rings. The number of morpholine rings is 1. The molecule has 0 aliphatic carbocycles. The molecule has 148 valence electrons. The molecule has 9 nitrogen and oxygen atoms in total. The molecule has 0 radical (unpaired) electrons. The number of aromatic nitrogens is 4. The lowest BCUT2D eigenvalue weighted by atomic mass is 10.1. The number of rotatable bonds is 5. The van der Waals surface area contributed by atoms with E-state index in [1.165, 1.54) is 6.20 Å². The zero-order valence-corrected chi connectivity index (χ0v) is 15.7. The first-order valence-corrected chi connectivity index (χ1v) is 9.14. The van der Waals surface area contributed by atoms with Crippen LogP contribution in [0.2, 0.25) is 0 Å². The molecule has 4 rings (SSSR count). The Balaban J connectivity index is 1.74. The predicted octanol–water partition coefficient (Wildman–Crippen LogP) is 2.15. The van der Waals surface area contributed by atoms with Gasteiger partial charge in [0.15, 0.2) is 0 Å². The third-order valence-electron chi connectivity index (χ3n) is 4.62. The van der Waals surface area contributed by atoms with Gasteiger partial charge in [0.1, 0.15) is 17.8 Å². The van der Waals surface area contributed by atoms with Crippen LogP contribution in [-0.2, 0) is 4.74 Å². The molecule has 0 amide bonds. The van der Waals surface area contributed by atoms with E-state index < -0.39 is 0 Å². The number of aromatic amines is 1. The fourth-order valence-corrected chi connectivity index (χ4v) is 3.19. The van der Waals surface area contributed by atoms with Gasteiger partial charge in [-0.05, 0) is 18.2 Å². The second-order valence-corrected chi connectivity index (χ2v) is 6.47. The van der Waals surface area contributed by atoms with Crippen LogP contribution in [0.3, 0.4) is 0 Å². The summed E-state index contributed by atoms with van der Waals surface area (Å²) in [7, 11) is 0. The van der Waals surface area contributed by atoms with Crippen molar-refractivity contribution >= 4 is 22.4 Å². The Morgan fingerprint density at radius 2 is 2.10 bits per heavy atom. The topological polar surface area (TPSA) is 126 Å². The molecule has 0 bridgehead atoms. The van der Waals surface area contributed by atoms with Gasteiger partial charge in [0.2, 0.25) is 5.88 Å². The molecule has 4 N–H and O–H groups in total. The van der Waals surface area contributed by atoms with Crippen molar-refractivity contribution in [3.05, 3.63) is 60.9 Å². The fourth-order valence-electron chi connectivity index (χ4n) is 3.19. The van der Waals surface area contributed by atoms with Crippen molar-refractivity contribution < 1.29 is 9.84 Å². The molecular weight excluding hydrogens is 370 g/mol. The van der Waals surface area contributed by atoms with Crippen molar-refractivity contribution in [1.82, 2.24) is 20.2 Å². The van der Waals surface area contributed by atoms with E-state index in [2.05, 4.69) is 36.6 Å². The number of nitrogens with two attached hydrogens (primary N) is 1. The van der Waals surface area contributed by atoms with Gasteiger partial charge in [-0.2, -0.15) is 5.10 Å². The number of fused-ring (bicyclic) bond motifs is 1. The Kier molecular flexibility index (Phi) is 5.21. The van der Waals surface area contributed by atoms with Gasteiger partial charge in [0.25, 0.3) is 0 Å². The van der Waals surface area contributed by atoms with Crippen molar-refractivity contribution in [2.75, 3.05) is 31.2 Å². The number of aliphatic imine (C=N–C) groups is 1. The number of anilines is 1. The lowest BCUT2D eigenvalue weighted by Crippen LogP contribution is -2.36. The van der Waals surface area contributed by atoms with Crippen LogP contribution in [0.15, 0.2) is 60.3 Å². The average molecular weight is 391 g/mol. The number of aliphatic hydroxyl groups is 1. The lowest BCUT2D eigenvalue weighted by Gasteiger charge is -2.27. The lowest BCUT2D eigenvalue weighted by molar-refractivity contribution is 0.122. The number of hydrogen-bond acceptors (Lipinski definition) is 8. The van der Waals surface area contributed by atoms with Crippen LogP contribution in [-0.4, -0.2) is 57.3 Å². The molecule has 3 heterocycles. The Morgan fingerprint density at radius 1 is 1.28 bits per heavy atom. The Labute approximate surface area is 167 Å². The summed E-state index contributed by atoms with van der Waals surface area (Å²) in [6.07, 6.45) is 4.33. The molecular formula is C20H21N7O2. The largest absolute Gasteiger partial charge is 0.494 e. The highest BCUT2D eigenvalue weighted by Crippen LogP contribution is 2.28. The third kappa shape index (κ3) is 3.94. The number of aliphatic hydroxyl groups excluding tert-OH is 1. The maximum Gasteiger partial charge on any atom is 0.200 e. The Morgan fingerprint density at radius 3 is 2.86 bits per heavy atom. The Hall–Kier alpha value is -3.72. The van der Waals surface area contributed by atoms with Crippen LogP contribution < -0.4 is 10.6 Å². The van der Waals surface area contributed by atoms with Gasteiger partial charge in [-0.25, -0.2) is 9.97 Å². The SMILES string of the molecule is C=C/C(=N\C=C(/N)O)c1ccc2[nH]nc(-c3cc(N4CCOCC4)ncn3)c2c1. The van der Waals surface area contributed by atoms with Crippen molar-refractivity contribution in [1.29, 1.82) is 0 Å². The van der Waals surface area contributed by atoms with Crippen molar-refractivity contribution in [3.8, 4) is 11.4 Å². The molecule has 0 unspecified atom stereocenters. The standard InChI is InChI=1S/C20H21N7O2/c1-2-15(22-11-18(21)28)13-3-4-16-14(9-13)20(26-25-16)17-10-19(24-12-23-17)27-5-7-29-8-6-27/h2-4,9-12,28H,1,5-8,21H2,(H,25,26)/b18-11+,22-15+. The summed E-state index contributed by atoms with van der Waals surface area (Å²) in [5.41, 5.74) is 8.97. The van der Waals surface area contributed by atoms with Crippen LogP contribution in [0.1, 0.15) is 5.56 Å². The third-order valence-corrected chi connectivity index (χ3v) is 4.62. The summed E-state index contributed by atoms with van der Waals surface area (Å²) in [5.74, 6) is 0.480. The predicted molar refractivity (Wildman–Crippen MR) is 112 cm³/mol. The van der Waals surface area contributed by atoms with Gasteiger partial charge in [-0.15, -0.1) is 0 Å². The zero-order valence-electron chi connectivity index (χ0n) is 15.7. The van der Waals surface area contributed by atoms with E-state index in [0.29, 0.717) is 18.9 Å². The van der Waals surface area contributed by atoms with Crippen LogP contribution in [0.5, 0.6) is 0 Å². The molecule has 1 aromatic carbocycles. The number of allylic oxidation sites excluding steroid dienone is 1. The smallest absolute Gasteiger partial charge is 0.200 e. The average Bonchev–Trinajstić information content (AvgIpc) is 3.18. The molecule has 9 heteroatoms. The molecule has 1 aliphatic rings. The van der Waals surface area contributed by atoms with Gasteiger partial charge in [0, 0.05) is 30.1 Å². The first kappa shape index (κ1) is 18.6. The molecule has 1 saturated heterocycles. The maximum absolute atomic E-state index is 9.17. The van der Waals surface area contributed by atoms with Crippen LogP contribution in [0.4, 0.5) is 5.82 Å². The van der Waals surface area contributed by atoms with E-state index in [9.17, 15) is 0 Å². The Bertz CT molecular complexity index is 1090. The number of benzene rings is 1. The second-order valence-electron chi connectivity index (χ2n) is 6.47. The summed E-state index contributed by atoms with van der Waals surface area (Å²) in [6.45, 7) is 6.74. The number of hydrogen-bond donors (Lipinski definition) is 3. The van der Waals surface area contributed by atoms with Crippen LogP contribution in [0, 0.1) is 0 Å². The quantitative estimate of drug-likeness (QED) is 0.449. The summed E-state index contributed by atoms with van der Waals surface area (Å²) < 4.78 is 5.41. The fraction of sp³-hybridized carbons (Fsp3) is 0.200. The molecule has 0 saturated carbocycles. The normalized spacial score (nSPS) is 15.7. The van der Waals surface area contributed by atoms with E-state index in [-0.39, 0.29) is 5.88 Å². The number of nitrogens with zero attached hydrogens (tertiary/aromatic N) is 5. The highest BCUT2D eigenvalue weighted by atomic mass is 16.5. The van der Waals surface area contributed by atoms with Gasteiger partial charge in [-0.3, -0.25) is 10.1 Å². The molecule has 29 heavy (non-hydrogen) atoms. The molecule has 3 aromatic rings. The first-order valence-electron chi connectivity index (χ1n) is 9.14. The van der Waals surface area contributed by atoms with E-state index in [4.69, 9.17) is 15.6 Å². The van der Waals surface area contributed by atoms with Crippen molar-refractivity contribution in [2.24, 2.45) is 10.7 Å². The minimum atomic E-state index is -0.369. The van der Waals surface area contributed by atoms with E-state index in [1.807, 2.05) is 24.3 Å². The van der Waals surface area contributed by atoms with E-state index in [1.54, 1.807) is 12.4 Å². The second kappa shape index (κ2) is 8.11. The summed E-state index contributed by atoms with van der Waals surface area (Å²) >= 11 is 0. The monoisotopic (exact) mass is 391 g/mol. The van der Waals surface area contributed by atoms with Gasteiger partial charge in [-0.1, -0.05) is 12.6 Å². The van der Waals surface area contributed by atoms with Crippen LogP contribution >= 0.6 is 0 Å². The molecule has 0 atom stereocenters. The van der Waals surface area contributed by atoms with Crippen molar-refractivity contribution in [2.45, 2.75) is 0 Å². The van der Waals surface area contributed by atoms with Crippen LogP contribution in [0.25, 0.3) is 22.3 Å². The first-order chi connectivity index (χ1) is 14.2. The minimum absolute atomic E-state index is 0.369. The highest BCUT2D eigenvalue weighted by molar-refractivity contribution is 6.11. The summed E-state index contributed by atoms with van der Waals surface area (Å²) in [4.78, 5) is 15.2. The molecule has 1 aliphatic heterocycles. The highest BCUT2D eigenvalue weighted by Gasteiger charge is 2.16. The maximum atomic E-state index is 9.17. The van der Waals surface area contributed by atoms with Gasteiger partial charge in [0.05, 0.1) is 36.3 Å². The van der Waals surface area contributed by atoms with Gasteiger partial charge >= 0.3 is 0 Å². The van der Waals surface area contributed by atoms with E-state index in [0.717, 1.165) is 46.8 Å². The number of H-pyrrole nitrogens is 1. The summed E-state index contributed by atoms with van der Waals surface area (Å²) in [6, 6.07) is 7.69. The number of ether oxygens (including phenoxy) is 1. The van der Waals surface area contributed by atoms with E-state index >= 15 is 0 Å². The van der Waals surface area contributed by atoms with Gasteiger partial charge < -0.3 is 20.5 Å².